The van der Waals surface area contributed by atoms with Crippen LogP contribution >= 0.6 is 11.3 Å². The van der Waals surface area contributed by atoms with Gasteiger partial charge < -0.3 is 9.47 Å². The summed E-state index contributed by atoms with van der Waals surface area (Å²) in [4.78, 5) is 2.54. The van der Waals surface area contributed by atoms with Crippen LogP contribution in [-0.2, 0) is 10.8 Å². The lowest BCUT2D eigenvalue weighted by Crippen LogP contribution is -2.38. The number of anilines is 3. The van der Waals surface area contributed by atoms with Crippen molar-refractivity contribution in [2.75, 3.05) is 4.90 Å². The van der Waals surface area contributed by atoms with Crippen molar-refractivity contribution in [3.63, 3.8) is 0 Å². The minimum Gasteiger partial charge on any atom is -0.310 e. The Morgan fingerprint density at radius 3 is 2.07 bits per heavy atom. The van der Waals surface area contributed by atoms with Crippen LogP contribution in [0.5, 0.6) is 0 Å². The van der Waals surface area contributed by atoms with E-state index in [2.05, 4.69) is 217 Å². The molecule has 2 aromatic heterocycles. The molecule has 0 N–H and O–H groups in total. The molecule has 0 saturated heterocycles. The quantitative estimate of drug-likeness (QED) is 0.173. The van der Waals surface area contributed by atoms with Crippen molar-refractivity contribution < 1.29 is 0 Å². The molecule has 3 aliphatic carbocycles. The first-order valence-electron chi connectivity index (χ1n) is 21.6. The van der Waals surface area contributed by atoms with Gasteiger partial charge in [0.05, 0.1) is 22.1 Å². The largest absolute Gasteiger partial charge is 0.310 e. The number of aromatic nitrogens is 1. The summed E-state index contributed by atoms with van der Waals surface area (Å²) in [5, 5.41) is 5.24. The van der Waals surface area contributed by atoms with E-state index >= 15 is 0 Å². The zero-order valence-electron chi connectivity index (χ0n) is 33.9. The summed E-state index contributed by atoms with van der Waals surface area (Å²) in [5.41, 5.74) is 17.9. The lowest BCUT2D eigenvalue weighted by Gasteiger charge is -2.43. The van der Waals surface area contributed by atoms with Gasteiger partial charge in [0, 0.05) is 65.3 Å². The second kappa shape index (κ2) is 11.9. The van der Waals surface area contributed by atoms with Crippen molar-refractivity contribution >= 4 is 70.4 Å². The number of benzene rings is 8. The highest BCUT2D eigenvalue weighted by Gasteiger charge is 2.56. The Kier molecular flexibility index (Phi) is 6.59. The van der Waals surface area contributed by atoms with Gasteiger partial charge in [-0.2, -0.15) is 0 Å². The summed E-state index contributed by atoms with van der Waals surface area (Å²) in [6.45, 7) is 4.77. The molecule has 14 rings (SSSR count). The van der Waals surface area contributed by atoms with Gasteiger partial charge in [-0.05, 0) is 105 Å². The fourth-order valence-corrected chi connectivity index (χ4v) is 13.4. The van der Waals surface area contributed by atoms with E-state index in [9.17, 15) is 0 Å². The van der Waals surface area contributed by atoms with Crippen molar-refractivity contribution in [3.05, 3.63) is 228 Å². The summed E-state index contributed by atoms with van der Waals surface area (Å²) in [6, 6.07) is 64.9. The number of allylic oxidation sites excluding steroid dienone is 4. The fourth-order valence-electron chi connectivity index (χ4n) is 12.3. The van der Waals surface area contributed by atoms with E-state index in [0.29, 0.717) is 0 Å². The lowest BCUT2D eigenvalue weighted by molar-refractivity contribution is 0.454. The second-order valence-electron chi connectivity index (χ2n) is 18.0. The maximum absolute atomic E-state index is 2.58. The van der Waals surface area contributed by atoms with Crippen molar-refractivity contribution in [1.29, 1.82) is 0 Å². The molecule has 3 heterocycles. The zero-order chi connectivity index (χ0) is 40.2. The highest BCUT2D eigenvalue weighted by Crippen LogP contribution is 2.64. The van der Waals surface area contributed by atoms with Crippen molar-refractivity contribution in [2.45, 2.75) is 30.6 Å². The van der Waals surface area contributed by atoms with E-state index in [1.807, 2.05) is 11.3 Å². The lowest BCUT2D eigenvalue weighted by atomic mass is 9.61. The smallest absolute Gasteiger partial charge is 0.0585 e. The van der Waals surface area contributed by atoms with Gasteiger partial charge in [0.2, 0.25) is 0 Å². The second-order valence-corrected chi connectivity index (χ2v) is 19.1. The summed E-state index contributed by atoms with van der Waals surface area (Å²) in [7, 11) is 0. The summed E-state index contributed by atoms with van der Waals surface area (Å²) < 4.78 is 5.19. The maximum Gasteiger partial charge on any atom is 0.0585 e. The molecule has 0 amide bonds. The average molecular weight is 797 g/mol. The van der Waals surface area contributed by atoms with E-state index in [4.69, 9.17) is 0 Å². The average Bonchev–Trinajstić information content (AvgIpc) is 4.00. The Labute approximate surface area is 359 Å². The van der Waals surface area contributed by atoms with Crippen LogP contribution in [-0.4, -0.2) is 4.57 Å². The molecule has 0 fully saturated rings. The fraction of sp³-hybridized carbons (Fsp3) is 0.103. The van der Waals surface area contributed by atoms with Crippen LogP contribution in [0, 0.1) is 5.92 Å². The van der Waals surface area contributed by atoms with E-state index < -0.39 is 5.41 Å². The molecule has 3 atom stereocenters. The molecule has 3 heteroatoms. The maximum atomic E-state index is 2.58. The predicted octanol–water partition coefficient (Wildman–Crippen LogP) is 15.4. The van der Waals surface area contributed by atoms with E-state index in [1.54, 1.807) is 0 Å². The molecule has 0 saturated carbocycles. The molecule has 2 nitrogen and oxygen atoms in total. The van der Waals surface area contributed by atoms with Gasteiger partial charge >= 0.3 is 0 Å². The SMILES string of the molecule is CC1(C)c2ccccc2-c2ccc(N(c3ccc4c(c3)C3(c5ccccc5-n5c6ccccc6c6cccc3c65)C3C=CC=CC43)c3ccc4sc5ccccc5c4c3)cc21. The molecule has 1 spiro atoms. The highest BCUT2D eigenvalue weighted by molar-refractivity contribution is 7.25. The third kappa shape index (κ3) is 4.22. The topological polar surface area (TPSA) is 8.17 Å². The number of nitrogens with zero attached hydrogens (tertiary/aromatic N) is 2. The highest BCUT2D eigenvalue weighted by atomic mass is 32.1. The molecule has 3 unspecified atom stereocenters. The molecule has 61 heavy (non-hydrogen) atoms. The number of hydrogen-bond donors (Lipinski definition) is 0. The van der Waals surface area contributed by atoms with Gasteiger partial charge in [0.1, 0.15) is 0 Å². The van der Waals surface area contributed by atoms with Crippen LogP contribution in [0.15, 0.2) is 194 Å². The Balaban J connectivity index is 1.06. The number of hydrogen-bond acceptors (Lipinski definition) is 2. The van der Waals surface area contributed by atoms with Crippen LogP contribution in [0.4, 0.5) is 17.1 Å². The van der Waals surface area contributed by atoms with Crippen LogP contribution in [0.2, 0.25) is 0 Å². The van der Waals surface area contributed by atoms with Gasteiger partial charge in [-0.15, -0.1) is 11.3 Å². The van der Waals surface area contributed by atoms with E-state index in [1.165, 1.54) is 109 Å². The first-order valence-corrected chi connectivity index (χ1v) is 22.4. The number of thiophene rings is 1. The van der Waals surface area contributed by atoms with Gasteiger partial charge in [-0.1, -0.05) is 147 Å². The first-order chi connectivity index (χ1) is 30.0. The predicted molar refractivity (Wildman–Crippen MR) is 257 cm³/mol. The monoisotopic (exact) mass is 796 g/mol. The normalized spacial score (nSPS) is 19.7. The van der Waals surface area contributed by atoms with Crippen molar-refractivity contribution in [3.8, 4) is 16.8 Å². The third-order valence-electron chi connectivity index (χ3n) is 14.8. The van der Waals surface area contributed by atoms with Gasteiger partial charge in [-0.25, -0.2) is 0 Å². The summed E-state index contributed by atoms with van der Waals surface area (Å²) >= 11 is 1.88. The van der Waals surface area contributed by atoms with Crippen LogP contribution < -0.4 is 4.90 Å². The molecular formula is C58H40N2S. The minimum absolute atomic E-state index is 0.125. The van der Waals surface area contributed by atoms with Crippen molar-refractivity contribution in [1.82, 2.24) is 4.57 Å². The molecular weight excluding hydrogens is 757 g/mol. The minimum atomic E-state index is -0.418. The Morgan fingerprint density at radius 1 is 0.492 bits per heavy atom. The number of rotatable bonds is 3. The molecule has 4 aliphatic rings. The molecule has 1 aliphatic heterocycles. The van der Waals surface area contributed by atoms with Gasteiger partial charge in [0.15, 0.2) is 0 Å². The van der Waals surface area contributed by atoms with Crippen LogP contribution in [0.1, 0.15) is 53.1 Å². The van der Waals surface area contributed by atoms with E-state index in [-0.39, 0.29) is 17.3 Å². The standard InChI is InChI=1S/C58H40N2S/c1-57(2)46-19-7-3-14-38(46)40-29-26-36(33-50(40)57)59(35-28-31-55-45(32-35)43-17-6-12-25-54(43)61-55)37-27-30-41-39-15-4-8-20-47(39)58(51(41)34-37)48-21-9-11-24-53(48)60-52-23-10-5-16-42(52)44-18-13-22-49(58)56(44)60/h3-34,39,47H,1-2H3. The van der Waals surface area contributed by atoms with Gasteiger partial charge in [0.25, 0.3) is 0 Å². The third-order valence-corrected chi connectivity index (χ3v) is 16.0. The number of fused-ring (bicyclic) bond motifs is 18. The Hall–Kier alpha value is -6.94. The van der Waals surface area contributed by atoms with Crippen LogP contribution in [0.3, 0.4) is 0 Å². The molecule has 0 bridgehead atoms. The molecule has 8 aromatic carbocycles. The molecule has 10 aromatic rings. The zero-order valence-corrected chi connectivity index (χ0v) is 34.7. The Morgan fingerprint density at radius 2 is 1.15 bits per heavy atom. The van der Waals surface area contributed by atoms with Crippen LogP contribution in [0.25, 0.3) is 58.8 Å². The van der Waals surface area contributed by atoms with Crippen molar-refractivity contribution in [2.24, 2.45) is 5.92 Å². The molecule has 0 radical (unpaired) electrons. The number of para-hydroxylation sites is 3. The molecule has 288 valence electrons. The Bertz CT molecular complexity index is 3610. The summed E-state index contributed by atoms with van der Waals surface area (Å²) in [5.74, 6) is 0.456. The first kappa shape index (κ1) is 33.8. The summed E-state index contributed by atoms with van der Waals surface area (Å²) in [6.07, 6.45) is 9.52. The van der Waals surface area contributed by atoms with Gasteiger partial charge in [-0.3, -0.25) is 0 Å². The van der Waals surface area contributed by atoms with E-state index in [0.717, 1.165) is 0 Å².